The third-order valence-electron chi connectivity index (χ3n) is 3.23. The van der Waals surface area contributed by atoms with Gasteiger partial charge < -0.3 is 10.4 Å². The van der Waals surface area contributed by atoms with Gasteiger partial charge in [-0.2, -0.15) is 13.2 Å². The molecule has 0 unspecified atom stereocenters. The Morgan fingerprint density at radius 1 is 1.16 bits per heavy atom. The standard InChI is InChI=1S/C16H12BrClF3NO2S/c1-15(24,16(19,20)21)14(23)22-13-7-6-11(8-12(13)18)25-10-4-2-9(17)3-5-10/h2-8,24H,1H3,(H,22,23)/t15-/m1/s1. The van der Waals surface area contributed by atoms with Gasteiger partial charge in [-0.15, -0.1) is 0 Å². The quantitative estimate of drug-likeness (QED) is 0.641. The Labute approximate surface area is 159 Å². The minimum atomic E-state index is -5.10. The van der Waals surface area contributed by atoms with Crippen LogP contribution < -0.4 is 5.32 Å². The molecule has 2 aromatic rings. The van der Waals surface area contributed by atoms with Gasteiger partial charge in [-0.3, -0.25) is 4.79 Å². The zero-order valence-corrected chi connectivity index (χ0v) is 15.9. The van der Waals surface area contributed by atoms with Crippen LogP contribution in [0.3, 0.4) is 0 Å². The molecule has 0 saturated carbocycles. The van der Waals surface area contributed by atoms with Gasteiger partial charge in [-0.05, 0) is 49.4 Å². The van der Waals surface area contributed by atoms with Crippen LogP contribution in [-0.4, -0.2) is 22.8 Å². The topological polar surface area (TPSA) is 49.3 Å². The number of carbonyl (C=O) groups excluding carboxylic acids is 1. The molecule has 1 amide bonds. The first-order valence-corrected chi connectivity index (χ1v) is 8.83. The SMILES string of the molecule is C[C@@](O)(C(=O)Nc1ccc(Sc2ccc(Br)cc2)cc1Cl)C(F)(F)F. The van der Waals surface area contributed by atoms with E-state index in [4.69, 9.17) is 11.6 Å². The molecule has 0 aliphatic carbocycles. The van der Waals surface area contributed by atoms with Crippen LogP contribution >= 0.6 is 39.3 Å². The van der Waals surface area contributed by atoms with Crippen molar-refractivity contribution in [2.45, 2.75) is 28.5 Å². The number of hydrogen-bond acceptors (Lipinski definition) is 3. The minimum absolute atomic E-state index is 0.0173. The second-order valence-corrected chi connectivity index (χ2v) is 7.69. The van der Waals surface area contributed by atoms with E-state index >= 15 is 0 Å². The molecule has 0 aromatic heterocycles. The van der Waals surface area contributed by atoms with E-state index in [0.29, 0.717) is 6.92 Å². The van der Waals surface area contributed by atoms with Crippen LogP contribution in [0.25, 0.3) is 0 Å². The Hall–Kier alpha value is -1.22. The molecule has 1 atom stereocenters. The second-order valence-electron chi connectivity index (χ2n) is 5.22. The summed E-state index contributed by atoms with van der Waals surface area (Å²) in [5.41, 5.74) is -3.53. The van der Waals surface area contributed by atoms with Gasteiger partial charge in [-0.25, -0.2) is 0 Å². The molecule has 0 aliphatic rings. The molecule has 2 N–H and O–H groups in total. The minimum Gasteiger partial charge on any atom is -0.373 e. The fourth-order valence-corrected chi connectivity index (χ4v) is 3.09. The lowest BCUT2D eigenvalue weighted by molar-refractivity contribution is -0.242. The average molecular weight is 455 g/mol. The molecule has 0 aliphatic heterocycles. The van der Waals surface area contributed by atoms with Crippen molar-refractivity contribution in [3.05, 3.63) is 52.0 Å². The van der Waals surface area contributed by atoms with Crippen LogP contribution in [0.1, 0.15) is 6.92 Å². The number of nitrogens with one attached hydrogen (secondary N) is 1. The molecular weight excluding hydrogens is 443 g/mol. The van der Waals surface area contributed by atoms with E-state index in [2.05, 4.69) is 15.9 Å². The summed E-state index contributed by atoms with van der Waals surface area (Å²) in [6.07, 6.45) is -5.10. The number of aliphatic hydroxyl groups is 1. The molecule has 3 nitrogen and oxygen atoms in total. The van der Waals surface area contributed by atoms with Gasteiger partial charge in [0, 0.05) is 14.3 Å². The number of anilines is 1. The highest BCUT2D eigenvalue weighted by molar-refractivity contribution is 9.10. The summed E-state index contributed by atoms with van der Waals surface area (Å²) in [5.74, 6) is -1.60. The van der Waals surface area contributed by atoms with E-state index in [1.54, 1.807) is 6.07 Å². The lowest BCUT2D eigenvalue weighted by Crippen LogP contribution is -2.52. The van der Waals surface area contributed by atoms with Crippen LogP contribution in [-0.2, 0) is 4.79 Å². The zero-order chi connectivity index (χ0) is 18.8. The second kappa shape index (κ2) is 7.57. The average Bonchev–Trinajstić information content (AvgIpc) is 2.51. The molecule has 9 heteroatoms. The lowest BCUT2D eigenvalue weighted by Gasteiger charge is -2.25. The number of carbonyl (C=O) groups is 1. The third-order valence-corrected chi connectivity index (χ3v) is 5.07. The number of amides is 1. The van der Waals surface area contributed by atoms with Gasteiger partial charge in [0.15, 0.2) is 0 Å². The van der Waals surface area contributed by atoms with Gasteiger partial charge in [0.05, 0.1) is 10.7 Å². The molecule has 0 bridgehead atoms. The maximum absolute atomic E-state index is 12.7. The number of alkyl halides is 3. The van der Waals surface area contributed by atoms with Crippen molar-refractivity contribution in [3.63, 3.8) is 0 Å². The zero-order valence-electron chi connectivity index (χ0n) is 12.7. The van der Waals surface area contributed by atoms with Gasteiger partial charge in [-0.1, -0.05) is 39.3 Å². The first kappa shape index (κ1) is 20.1. The monoisotopic (exact) mass is 453 g/mol. The Morgan fingerprint density at radius 2 is 1.72 bits per heavy atom. The van der Waals surface area contributed by atoms with E-state index in [9.17, 15) is 23.1 Å². The molecule has 0 spiro atoms. The van der Waals surface area contributed by atoms with Crippen LogP contribution in [0.15, 0.2) is 56.7 Å². The van der Waals surface area contributed by atoms with Gasteiger partial charge in [0.25, 0.3) is 5.91 Å². The van der Waals surface area contributed by atoms with Crippen LogP contribution in [0.4, 0.5) is 18.9 Å². The van der Waals surface area contributed by atoms with Crippen LogP contribution in [0.5, 0.6) is 0 Å². The van der Waals surface area contributed by atoms with E-state index < -0.39 is 17.7 Å². The van der Waals surface area contributed by atoms with Crippen molar-refractivity contribution in [3.8, 4) is 0 Å². The van der Waals surface area contributed by atoms with Gasteiger partial charge in [0.1, 0.15) is 0 Å². The summed E-state index contributed by atoms with van der Waals surface area (Å²) in [5, 5.41) is 11.4. The van der Waals surface area contributed by atoms with Crippen LogP contribution in [0, 0.1) is 0 Å². The number of hydrogen-bond donors (Lipinski definition) is 2. The molecule has 0 fully saturated rings. The molecule has 25 heavy (non-hydrogen) atoms. The van der Waals surface area contributed by atoms with Crippen molar-refractivity contribution in [1.82, 2.24) is 0 Å². The first-order valence-electron chi connectivity index (χ1n) is 6.84. The predicted molar refractivity (Wildman–Crippen MR) is 95.0 cm³/mol. The maximum Gasteiger partial charge on any atom is 0.426 e. The fourth-order valence-electron chi connectivity index (χ4n) is 1.67. The number of halogens is 5. The molecule has 0 radical (unpaired) electrons. The Bertz CT molecular complexity index is 782. The number of rotatable bonds is 4. The Kier molecular flexibility index (Phi) is 6.09. The first-order chi connectivity index (χ1) is 11.5. The van der Waals surface area contributed by atoms with E-state index in [-0.39, 0.29) is 10.7 Å². The van der Waals surface area contributed by atoms with E-state index in [1.807, 2.05) is 29.6 Å². The van der Waals surface area contributed by atoms with Crippen LogP contribution in [0.2, 0.25) is 5.02 Å². The molecule has 0 saturated heterocycles. The summed E-state index contributed by atoms with van der Waals surface area (Å²) in [6, 6.07) is 12.0. The highest BCUT2D eigenvalue weighted by Crippen LogP contribution is 2.35. The molecule has 134 valence electrons. The summed E-state index contributed by atoms with van der Waals surface area (Å²) in [7, 11) is 0. The molecule has 2 rings (SSSR count). The normalized spacial score (nSPS) is 14.0. The van der Waals surface area contributed by atoms with Crippen molar-refractivity contribution in [1.29, 1.82) is 0 Å². The molecule has 0 heterocycles. The van der Waals surface area contributed by atoms with E-state index in [1.165, 1.54) is 23.9 Å². The van der Waals surface area contributed by atoms with Crippen molar-refractivity contribution < 1.29 is 23.1 Å². The largest absolute Gasteiger partial charge is 0.426 e. The summed E-state index contributed by atoms with van der Waals surface area (Å²) in [6.45, 7) is 0.383. The van der Waals surface area contributed by atoms with E-state index in [0.717, 1.165) is 14.3 Å². The predicted octanol–water partition coefficient (Wildman–Crippen LogP) is 5.51. The number of benzene rings is 2. The highest BCUT2D eigenvalue weighted by Gasteiger charge is 2.55. The summed E-state index contributed by atoms with van der Waals surface area (Å²) in [4.78, 5) is 13.4. The maximum atomic E-state index is 12.7. The smallest absolute Gasteiger partial charge is 0.373 e. The van der Waals surface area contributed by atoms with Gasteiger partial charge >= 0.3 is 6.18 Å². The fraction of sp³-hybridized carbons (Fsp3) is 0.188. The summed E-state index contributed by atoms with van der Waals surface area (Å²) >= 11 is 10.8. The highest BCUT2D eigenvalue weighted by atomic mass is 79.9. The molecule has 2 aromatic carbocycles. The summed E-state index contributed by atoms with van der Waals surface area (Å²) < 4.78 is 38.9. The Morgan fingerprint density at radius 3 is 2.24 bits per heavy atom. The lowest BCUT2D eigenvalue weighted by atomic mass is 10.1. The van der Waals surface area contributed by atoms with Crippen molar-refractivity contribution in [2.75, 3.05) is 5.32 Å². The van der Waals surface area contributed by atoms with Crippen molar-refractivity contribution >= 4 is 50.9 Å². The Balaban J connectivity index is 2.14. The van der Waals surface area contributed by atoms with Crippen molar-refractivity contribution in [2.24, 2.45) is 0 Å². The molecular formula is C16H12BrClF3NO2S. The third kappa shape index (κ3) is 4.91. The van der Waals surface area contributed by atoms with Gasteiger partial charge in [0.2, 0.25) is 5.60 Å².